The van der Waals surface area contributed by atoms with Crippen LogP contribution in [0.15, 0.2) is 41.9 Å². The molecule has 138 valence electrons. The van der Waals surface area contributed by atoms with E-state index >= 15 is 0 Å². The van der Waals surface area contributed by atoms with Gasteiger partial charge in [-0.05, 0) is 38.5 Å². The third kappa shape index (κ3) is 6.99. The van der Waals surface area contributed by atoms with Gasteiger partial charge in [-0.1, -0.05) is 12.1 Å². The highest BCUT2D eigenvalue weighted by Crippen LogP contribution is 2.09. The summed E-state index contributed by atoms with van der Waals surface area (Å²) < 4.78 is 7.15. The van der Waals surface area contributed by atoms with Gasteiger partial charge < -0.3 is 15.4 Å². The van der Waals surface area contributed by atoms with Crippen LogP contribution in [0.1, 0.15) is 26.3 Å². The lowest BCUT2D eigenvalue weighted by Crippen LogP contribution is -2.45. The monoisotopic (exact) mass is 458 g/mol. The minimum absolute atomic E-state index is 0. The highest BCUT2D eigenvalue weighted by molar-refractivity contribution is 14.0. The van der Waals surface area contributed by atoms with Crippen LogP contribution < -0.4 is 10.6 Å². The number of nitrogens with zero attached hydrogens (tertiary/aromatic N) is 4. The van der Waals surface area contributed by atoms with Crippen LogP contribution in [-0.4, -0.2) is 46.5 Å². The van der Waals surface area contributed by atoms with Crippen molar-refractivity contribution in [1.82, 2.24) is 25.4 Å². The van der Waals surface area contributed by atoms with Gasteiger partial charge in [0, 0.05) is 20.2 Å². The number of nitrogens with one attached hydrogen (secondary N) is 2. The van der Waals surface area contributed by atoms with E-state index in [1.54, 1.807) is 18.1 Å². The van der Waals surface area contributed by atoms with Gasteiger partial charge in [0.25, 0.3) is 0 Å². The molecule has 0 aliphatic heterocycles. The summed E-state index contributed by atoms with van der Waals surface area (Å²) in [5.74, 6) is 0.781. The Bertz CT molecular complexity index is 640. The molecule has 7 nitrogen and oxygen atoms in total. The van der Waals surface area contributed by atoms with E-state index in [0.717, 1.165) is 23.8 Å². The van der Waals surface area contributed by atoms with Crippen LogP contribution in [0.5, 0.6) is 0 Å². The molecule has 1 aromatic heterocycles. The first kappa shape index (κ1) is 21.4. The first-order valence-electron chi connectivity index (χ1n) is 8.05. The number of aliphatic imine (C=N–C) groups is 1. The molecule has 0 bridgehead atoms. The molecule has 25 heavy (non-hydrogen) atoms. The van der Waals surface area contributed by atoms with Gasteiger partial charge in [0.2, 0.25) is 0 Å². The Hall–Kier alpha value is -1.68. The number of halogens is 1. The molecule has 0 atom stereocenters. The number of rotatable bonds is 7. The second-order valence-corrected chi connectivity index (χ2v) is 6.02. The molecule has 0 amide bonds. The van der Waals surface area contributed by atoms with Gasteiger partial charge in [-0.3, -0.25) is 0 Å². The molecule has 8 heteroatoms. The average Bonchev–Trinajstić information content (AvgIpc) is 3.12. The Kier molecular flexibility index (Phi) is 8.84. The first-order chi connectivity index (χ1) is 11.5. The number of hydrogen-bond donors (Lipinski definition) is 2. The average molecular weight is 458 g/mol. The normalized spacial score (nSPS) is 11.8. The van der Waals surface area contributed by atoms with Gasteiger partial charge >= 0.3 is 0 Å². The van der Waals surface area contributed by atoms with Crippen molar-refractivity contribution in [2.45, 2.75) is 32.9 Å². The van der Waals surface area contributed by atoms with Gasteiger partial charge in [0.1, 0.15) is 12.7 Å². The fraction of sp³-hybridized carbons (Fsp3) is 0.471. The maximum Gasteiger partial charge on any atom is 0.191 e. The van der Waals surface area contributed by atoms with Crippen molar-refractivity contribution < 1.29 is 4.74 Å². The number of methoxy groups -OCH3 is 1. The van der Waals surface area contributed by atoms with Gasteiger partial charge in [0.05, 0.1) is 17.8 Å². The van der Waals surface area contributed by atoms with Crippen LogP contribution in [-0.2, 0) is 11.3 Å². The summed E-state index contributed by atoms with van der Waals surface area (Å²) in [5, 5.41) is 10.7. The van der Waals surface area contributed by atoms with Crippen molar-refractivity contribution in [2.24, 2.45) is 4.99 Å². The summed E-state index contributed by atoms with van der Waals surface area (Å²) in [6, 6.07) is 8.11. The molecule has 0 aliphatic rings. The zero-order valence-electron chi connectivity index (χ0n) is 15.2. The van der Waals surface area contributed by atoms with Crippen LogP contribution in [0.3, 0.4) is 0 Å². The summed E-state index contributed by atoms with van der Waals surface area (Å²) in [6.07, 6.45) is 3.20. The highest BCUT2D eigenvalue weighted by Gasteiger charge is 2.16. The summed E-state index contributed by atoms with van der Waals surface area (Å²) in [5.41, 5.74) is 1.87. The highest BCUT2D eigenvalue weighted by atomic mass is 127. The topological polar surface area (TPSA) is 76.4 Å². The maximum absolute atomic E-state index is 5.42. The number of guanidine groups is 1. The van der Waals surface area contributed by atoms with Crippen molar-refractivity contribution in [3.63, 3.8) is 0 Å². The van der Waals surface area contributed by atoms with Gasteiger partial charge in [-0.15, -0.1) is 24.0 Å². The largest absolute Gasteiger partial charge is 0.377 e. The Balaban J connectivity index is 0.00000312. The minimum Gasteiger partial charge on any atom is -0.377 e. The van der Waals surface area contributed by atoms with Crippen molar-refractivity contribution in [1.29, 1.82) is 0 Å². The van der Waals surface area contributed by atoms with Crippen LogP contribution >= 0.6 is 24.0 Å². The minimum atomic E-state index is -0.240. The second-order valence-electron chi connectivity index (χ2n) is 6.02. The van der Waals surface area contributed by atoms with Crippen molar-refractivity contribution in [3.05, 3.63) is 42.5 Å². The molecule has 1 aromatic carbocycles. The predicted molar refractivity (Wildman–Crippen MR) is 111 cm³/mol. The molecule has 2 N–H and O–H groups in total. The zero-order valence-corrected chi connectivity index (χ0v) is 17.5. The fourth-order valence-electron chi connectivity index (χ4n) is 1.98. The molecule has 2 rings (SSSR count). The first-order valence-corrected chi connectivity index (χ1v) is 8.05. The molecule has 1 heterocycles. The number of benzene rings is 1. The molecule has 0 radical (unpaired) electrons. The summed E-state index contributed by atoms with van der Waals surface area (Å²) >= 11 is 0. The smallest absolute Gasteiger partial charge is 0.191 e. The Labute approximate surface area is 166 Å². The SMILES string of the molecule is CCNC(=NCc1ccc(-n2cncn2)cc1)NCC(C)(C)OC.I. The standard InChI is InChI=1S/C17H26N6O.HI/c1-5-19-16(21-11-17(2,3)24-4)20-10-14-6-8-15(9-7-14)23-13-18-12-22-23;/h6-9,12-13H,5,10-11H2,1-4H3,(H2,19,20,21);1H. The molecule has 0 saturated carbocycles. The van der Waals surface area contributed by atoms with E-state index in [9.17, 15) is 0 Å². The molecular formula is C17H27IN6O. The summed E-state index contributed by atoms with van der Waals surface area (Å²) in [6.45, 7) is 8.20. The van der Waals surface area contributed by atoms with Crippen LogP contribution in [0.25, 0.3) is 5.69 Å². The number of aromatic nitrogens is 3. The zero-order chi connectivity index (χ0) is 17.4. The Morgan fingerprint density at radius 1 is 1.24 bits per heavy atom. The van der Waals surface area contributed by atoms with Crippen molar-refractivity contribution in [2.75, 3.05) is 20.2 Å². The van der Waals surface area contributed by atoms with Crippen LogP contribution in [0, 0.1) is 0 Å². The third-order valence-corrected chi connectivity index (χ3v) is 3.62. The molecule has 2 aromatic rings. The number of hydrogen-bond acceptors (Lipinski definition) is 4. The van der Waals surface area contributed by atoms with Gasteiger partial charge in [0.15, 0.2) is 5.96 Å². The molecule has 0 saturated heterocycles. The lowest BCUT2D eigenvalue weighted by atomic mass is 10.1. The van der Waals surface area contributed by atoms with E-state index in [1.807, 2.05) is 45.0 Å². The van der Waals surface area contributed by atoms with Crippen molar-refractivity contribution in [3.8, 4) is 5.69 Å². The molecular weight excluding hydrogens is 431 g/mol. The van der Waals surface area contributed by atoms with Crippen molar-refractivity contribution >= 4 is 29.9 Å². The van der Waals surface area contributed by atoms with E-state index in [4.69, 9.17) is 4.74 Å². The number of ether oxygens (including phenoxy) is 1. The van der Waals surface area contributed by atoms with Gasteiger partial charge in [-0.2, -0.15) is 5.10 Å². The molecule has 0 spiro atoms. The fourth-order valence-corrected chi connectivity index (χ4v) is 1.98. The lowest BCUT2D eigenvalue weighted by molar-refractivity contribution is 0.0268. The van der Waals surface area contributed by atoms with Crippen LogP contribution in [0.2, 0.25) is 0 Å². The lowest BCUT2D eigenvalue weighted by Gasteiger charge is -2.24. The molecule has 0 aliphatic carbocycles. The predicted octanol–water partition coefficient (Wildman–Crippen LogP) is 2.37. The summed E-state index contributed by atoms with van der Waals surface area (Å²) in [7, 11) is 1.71. The molecule has 0 fully saturated rings. The van der Waals surface area contributed by atoms with E-state index in [-0.39, 0.29) is 29.6 Å². The van der Waals surface area contributed by atoms with E-state index in [0.29, 0.717) is 13.1 Å². The Morgan fingerprint density at radius 3 is 2.52 bits per heavy atom. The van der Waals surface area contributed by atoms with E-state index in [1.165, 1.54) is 6.33 Å². The molecule has 0 unspecified atom stereocenters. The van der Waals surface area contributed by atoms with E-state index in [2.05, 4.69) is 25.7 Å². The maximum atomic E-state index is 5.42. The van der Waals surface area contributed by atoms with E-state index < -0.39 is 0 Å². The quantitative estimate of drug-likeness (QED) is 0.379. The van der Waals surface area contributed by atoms with Gasteiger partial charge in [-0.25, -0.2) is 14.7 Å². The third-order valence-electron chi connectivity index (χ3n) is 3.62. The second kappa shape index (κ2) is 10.3. The Morgan fingerprint density at radius 2 is 1.96 bits per heavy atom. The van der Waals surface area contributed by atoms with Crippen LogP contribution in [0.4, 0.5) is 0 Å². The summed E-state index contributed by atoms with van der Waals surface area (Å²) in [4.78, 5) is 8.57.